The number of fused-ring (bicyclic) bond motifs is 1. The number of aromatic amines is 1. The molecule has 4 rings (SSSR count). The number of likely N-dealkylation sites (tertiary alicyclic amines) is 1. The number of anilines is 1. The number of para-hydroxylation sites is 1. The predicted octanol–water partition coefficient (Wildman–Crippen LogP) is 2.01. The van der Waals surface area contributed by atoms with Crippen molar-refractivity contribution >= 4 is 21.6 Å². The molecule has 0 aliphatic carbocycles. The van der Waals surface area contributed by atoms with Crippen LogP contribution < -0.4 is 4.31 Å². The van der Waals surface area contributed by atoms with E-state index in [0.717, 1.165) is 17.7 Å². The third kappa shape index (κ3) is 2.82. The van der Waals surface area contributed by atoms with Crippen molar-refractivity contribution < 1.29 is 13.2 Å². The summed E-state index contributed by atoms with van der Waals surface area (Å²) in [5, 5.41) is -0.550. The zero-order chi connectivity index (χ0) is 17.4. The van der Waals surface area contributed by atoms with Gasteiger partial charge in [-0.15, -0.1) is 0 Å². The first kappa shape index (κ1) is 16.2. The molecule has 1 saturated heterocycles. The van der Waals surface area contributed by atoms with Gasteiger partial charge in [-0.05, 0) is 43.0 Å². The largest absolute Gasteiger partial charge is 0.357 e. The van der Waals surface area contributed by atoms with Gasteiger partial charge in [0.2, 0.25) is 10.0 Å². The molecule has 7 heteroatoms. The van der Waals surface area contributed by atoms with Gasteiger partial charge < -0.3 is 9.88 Å². The molecule has 6 nitrogen and oxygen atoms in total. The number of rotatable bonds is 3. The number of nitrogens with zero attached hydrogens (tertiary/aromatic N) is 2. The molecule has 2 aliphatic rings. The first-order chi connectivity index (χ1) is 12.1. The van der Waals surface area contributed by atoms with E-state index in [-0.39, 0.29) is 12.5 Å². The smallest absolute Gasteiger partial charge is 0.270 e. The van der Waals surface area contributed by atoms with E-state index in [9.17, 15) is 13.2 Å². The van der Waals surface area contributed by atoms with Crippen LogP contribution in [0.25, 0.3) is 0 Å². The Labute approximate surface area is 147 Å². The van der Waals surface area contributed by atoms with E-state index < -0.39 is 15.3 Å². The summed E-state index contributed by atoms with van der Waals surface area (Å²) >= 11 is 0. The number of aromatic nitrogens is 1. The zero-order valence-electron chi connectivity index (χ0n) is 13.9. The summed E-state index contributed by atoms with van der Waals surface area (Å²) in [6, 6.07) is 11.1. The van der Waals surface area contributed by atoms with Gasteiger partial charge in [-0.25, -0.2) is 8.42 Å². The van der Waals surface area contributed by atoms with Crippen molar-refractivity contribution in [3.63, 3.8) is 0 Å². The Bertz CT molecular complexity index is 877. The fraction of sp³-hybridized carbons (Fsp3) is 0.389. The molecule has 25 heavy (non-hydrogen) atoms. The van der Waals surface area contributed by atoms with Gasteiger partial charge in [0, 0.05) is 25.8 Å². The molecule has 0 saturated carbocycles. The summed E-state index contributed by atoms with van der Waals surface area (Å²) < 4.78 is 27.9. The molecule has 2 aliphatic heterocycles. The van der Waals surface area contributed by atoms with Crippen molar-refractivity contribution in [1.29, 1.82) is 0 Å². The molecular formula is C18H21N3O3S. The number of nitrogens with one attached hydrogen (secondary N) is 1. The molecule has 1 unspecified atom stereocenters. The number of carbonyl (C=O) groups excluding carboxylic acids is 1. The summed E-state index contributed by atoms with van der Waals surface area (Å²) in [5.41, 5.74) is 2.36. The quantitative estimate of drug-likeness (QED) is 0.911. The van der Waals surface area contributed by atoms with Crippen LogP contribution in [0.5, 0.6) is 0 Å². The summed E-state index contributed by atoms with van der Waals surface area (Å²) in [4.78, 5) is 17.1. The Morgan fingerprint density at radius 2 is 1.96 bits per heavy atom. The number of piperidine rings is 1. The van der Waals surface area contributed by atoms with Crippen molar-refractivity contribution in [3.8, 4) is 0 Å². The maximum absolute atomic E-state index is 13.2. The van der Waals surface area contributed by atoms with E-state index in [2.05, 4.69) is 4.98 Å². The molecule has 1 fully saturated rings. The maximum atomic E-state index is 13.2. The number of hydrogen-bond acceptors (Lipinski definition) is 3. The molecule has 0 radical (unpaired) electrons. The molecule has 2 aromatic rings. The first-order valence-electron chi connectivity index (χ1n) is 8.59. The third-order valence-corrected chi connectivity index (χ3v) is 7.29. The molecule has 132 valence electrons. The average Bonchev–Trinajstić information content (AvgIpc) is 3.31. The monoisotopic (exact) mass is 359 g/mol. The average molecular weight is 359 g/mol. The second kappa shape index (κ2) is 6.22. The van der Waals surface area contributed by atoms with Crippen molar-refractivity contribution in [1.82, 2.24) is 9.88 Å². The lowest BCUT2D eigenvalue weighted by Crippen LogP contribution is -2.49. The Hall–Kier alpha value is -2.28. The Kier molecular flexibility index (Phi) is 4.03. The standard InChI is InChI=1S/C18H21N3O3S/c22-18(16-7-3-10-19-16)20-11-4-6-15(13-20)25(23,24)21-12-9-14-5-1-2-8-17(14)21/h1-3,5,7-8,10,15,19H,4,6,9,11-13H2. The lowest BCUT2D eigenvalue weighted by atomic mass is 10.1. The minimum atomic E-state index is -3.48. The van der Waals surface area contributed by atoms with Crippen LogP contribution in [0.3, 0.4) is 0 Å². The number of hydrogen-bond donors (Lipinski definition) is 1. The Balaban J connectivity index is 1.56. The van der Waals surface area contributed by atoms with E-state index >= 15 is 0 Å². The van der Waals surface area contributed by atoms with Crippen molar-refractivity contribution in [3.05, 3.63) is 53.9 Å². The number of carbonyl (C=O) groups is 1. The van der Waals surface area contributed by atoms with E-state index in [1.165, 1.54) is 4.31 Å². The van der Waals surface area contributed by atoms with Gasteiger partial charge >= 0.3 is 0 Å². The molecule has 1 atom stereocenters. The van der Waals surface area contributed by atoms with Crippen molar-refractivity contribution in [2.45, 2.75) is 24.5 Å². The zero-order valence-corrected chi connectivity index (χ0v) is 14.7. The van der Waals surface area contributed by atoms with E-state index in [4.69, 9.17) is 0 Å². The lowest BCUT2D eigenvalue weighted by Gasteiger charge is -2.34. The minimum absolute atomic E-state index is 0.133. The first-order valence-corrected chi connectivity index (χ1v) is 10.1. The van der Waals surface area contributed by atoms with Gasteiger partial charge in [0.25, 0.3) is 5.91 Å². The summed E-state index contributed by atoms with van der Waals surface area (Å²) in [6.07, 6.45) is 3.74. The fourth-order valence-electron chi connectivity index (χ4n) is 3.75. The highest BCUT2D eigenvalue weighted by Gasteiger charge is 2.39. The van der Waals surface area contributed by atoms with Gasteiger partial charge in [0.05, 0.1) is 10.9 Å². The van der Waals surface area contributed by atoms with Gasteiger partial charge in [-0.1, -0.05) is 18.2 Å². The molecular weight excluding hydrogens is 338 g/mol. The topological polar surface area (TPSA) is 73.5 Å². The highest BCUT2D eigenvalue weighted by atomic mass is 32.2. The van der Waals surface area contributed by atoms with Gasteiger partial charge in [0.1, 0.15) is 5.69 Å². The van der Waals surface area contributed by atoms with E-state index in [0.29, 0.717) is 31.6 Å². The Morgan fingerprint density at radius 3 is 2.76 bits per heavy atom. The molecule has 0 bridgehead atoms. The molecule has 1 aromatic carbocycles. The molecule has 1 aromatic heterocycles. The van der Waals surface area contributed by atoms with Gasteiger partial charge in [-0.3, -0.25) is 9.10 Å². The SMILES string of the molecule is O=C(c1ccc[nH]1)N1CCCC(S(=O)(=O)N2CCc3ccccc32)C1. The lowest BCUT2D eigenvalue weighted by molar-refractivity contribution is 0.0721. The molecule has 0 spiro atoms. The van der Waals surface area contributed by atoms with Crippen LogP contribution in [0.1, 0.15) is 28.9 Å². The van der Waals surface area contributed by atoms with Crippen LogP contribution in [-0.2, 0) is 16.4 Å². The Morgan fingerprint density at radius 1 is 1.12 bits per heavy atom. The van der Waals surface area contributed by atoms with Gasteiger partial charge in [-0.2, -0.15) is 0 Å². The van der Waals surface area contributed by atoms with Crippen LogP contribution in [0.2, 0.25) is 0 Å². The minimum Gasteiger partial charge on any atom is -0.357 e. The second-order valence-corrected chi connectivity index (χ2v) is 8.73. The second-order valence-electron chi connectivity index (χ2n) is 6.59. The van der Waals surface area contributed by atoms with E-state index in [1.54, 1.807) is 23.2 Å². The number of sulfonamides is 1. The van der Waals surface area contributed by atoms with Crippen molar-refractivity contribution in [2.75, 3.05) is 23.9 Å². The summed E-state index contributed by atoms with van der Waals surface area (Å²) in [6.45, 7) is 1.34. The number of benzene rings is 1. The highest BCUT2D eigenvalue weighted by Crippen LogP contribution is 2.33. The van der Waals surface area contributed by atoms with E-state index in [1.807, 2.05) is 24.3 Å². The molecule has 3 heterocycles. The van der Waals surface area contributed by atoms with Gasteiger partial charge in [0.15, 0.2) is 0 Å². The number of H-pyrrole nitrogens is 1. The highest BCUT2D eigenvalue weighted by molar-refractivity contribution is 7.93. The molecule has 1 N–H and O–H groups in total. The van der Waals surface area contributed by atoms with Crippen LogP contribution in [0.15, 0.2) is 42.6 Å². The summed E-state index contributed by atoms with van der Waals surface area (Å²) in [5.74, 6) is -0.133. The fourth-order valence-corrected chi connectivity index (χ4v) is 5.74. The summed E-state index contributed by atoms with van der Waals surface area (Å²) in [7, 11) is -3.48. The van der Waals surface area contributed by atoms with Crippen molar-refractivity contribution in [2.24, 2.45) is 0 Å². The third-order valence-electron chi connectivity index (χ3n) is 5.07. The van der Waals surface area contributed by atoms with Crippen LogP contribution in [0, 0.1) is 0 Å². The van der Waals surface area contributed by atoms with Crippen LogP contribution in [-0.4, -0.2) is 49.1 Å². The normalized spacial score (nSPS) is 20.6. The maximum Gasteiger partial charge on any atom is 0.270 e. The molecule has 1 amide bonds. The van der Waals surface area contributed by atoms with Crippen LogP contribution in [0.4, 0.5) is 5.69 Å². The predicted molar refractivity (Wildman–Crippen MR) is 96.1 cm³/mol. The van der Waals surface area contributed by atoms with Crippen LogP contribution >= 0.6 is 0 Å². The number of amides is 1.